The molecule has 0 fully saturated rings. The lowest BCUT2D eigenvalue weighted by molar-refractivity contribution is 1.53. The van der Waals surface area contributed by atoms with E-state index in [0.717, 1.165) is 11.4 Å². The van der Waals surface area contributed by atoms with Crippen LogP contribution in [-0.4, -0.2) is 0 Å². The van der Waals surface area contributed by atoms with E-state index in [-0.39, 0.29) is 0 Å². The summed E-state index contributed by atoms with van der Waals surface area (Å²) in [7, 11) is 0. The summed E-state index contributed by atoms with van der Waals surface area (Å²) in [4.78, 5) is 0. The van der Waals surface area contributed by atoms with Crippen LogP contribution in [0.5, 0.6) is 0 Å². The summed E-state index contributed by atoms with van der Waals surface area (Å²) in [6.45, 7) is 0. The van der Waals surface area contributed by atoms with E-state index in [1.54, 1.807) is 0 Å². The van der Waals surface area contributed by atoms with Crippen LogP contribution in [0, 0.1) is 0 Å². The third-order valence-electron chi connectivity index (χ3n) is 8.00. The third-order valence-corrected chi connectivity index (χ3v) is 9.29. The van der Waals surface area contributed by atoms with E-state index in [2.05, 4.69) is 163 Å². The van der Waals surface area contributed by atoms with Crippen molar-refractivity contribution in [2.45, 2.75) is 0 Å². The number of nitrogens with one attached hydrogen (secondary N) is 1. The Bertz CT molecular complexity index is 2210. The first-order valence-electron chi connectivity index (χ1n) is 14.3. The summed E-state index contributed by atoms with van der Waals surface area (Å²) in [5.41, 5.74) is 9.41. The molecule has 0 unspecified atom stereocenters. The summed E-state index contributed by atoms with van der Waals surface area (Å²) in [6.07, 6.45) is 0. The van der Waals surface area contributed by atoms with Crippen LogP contribution in [0.3, 0.4) is 0 Å². The van der Waals surface area contributed by atoms with Gasteiger partial charge in [0.25, 0.3) is 0 Å². The van der Waals surface area contributed by atoms with Crippen molar-refractivity contribution in [2.75, 3.05) is 5.32 Å². The summed E-state index contributed by atoms with van der Waals surface area (Å²) < 4.78 is 2.68. The lowest BCUT2D eigenvalue weighted by Crippen LogP contribution is -1.93. The molecule has 0 saturated heterocycles. The van der Waals surface area contributed by atoms with Crippen molar-refractivity contribution in [1.82, 2.24) is 0 Å². The Balaban J connectivity index is 1.29. The highest BCUT2D eigenvalue weighted by molar-refractivity contribution is 7.27. The Morgan fingerprint density at radius 1 is 0.357 bits per heavy atom. The molecule has 0 aliphatic rings. The first-order chi connectivity index (χ1) is 20.8. The van der Waals surface area contributed by atoms with Gasteiger partial charge in [-0.05, 0) is 74.5 Å². The van der Waals surface area contributed by atoms with E-state index >= 15 is 0 Å². The number of rotatable bonds is 5. The smallest absolute Gasteiger partial charge is 0.0434 e. The highest BCUT2D eigenvalue weighted by atomic mass is 32.1. The maximum atomic E-state index is 3.74. The number of fused-ring (bicyclic) bond motifs is 5. The van der Waals surface area contributed by atoms with Gasteiger partial charge in [0.05, 0.1) is 0 Å². The normalized spacial score (nSPS) is 11.3. The third kappa shape index (κ3) is 4.43. The Labute approximate surface area is 249 Å². The highest BCUT2D eigenvalue weighted by Gasteiger charge is 2.14. The van der Waals surface area contributed by atoms with Crippen LogP contribution in [0.15, 0.2) is 158 Å². The van der Waals surface area contributed by atoms with Gasteiger partial charge >= 0.3 is 0 Å². The monoisotopic (exact) mass is 553 g/mol. The van der Waals surface area contributed by atoms with Crippen molar-refractivity contribution in [2.24, 2.45) is 0 Å². The number of hydrogen-bond donors (Lipinski definition) is 1. The number of benzene rings is 7. The molecule has 0 aliphatic carbocycles. The molecule has 2 heteroatoms. The Morgan fingerprint density at radius 2 is 0.976 bits per heavy atom. The van der Waals surface area contributed by atoms with E-state index in [1.807, 2.05) is 11.3 Å². The number of thiophene rings is 1. The summed E-state index contributed by atoms with van der Waals surface area (Å²) in [5.74, 6) is 0. The minimum absolute atomic E-state index is 1.07. The molecule has 0 aliphatic heterocycles. The molecule has 0 bridgehead atoms. The van der Waals surface area contributed by atoms with E-state index in [1.165, 1.54) is 64.3 Å². The van der Waals surface area contributed by atoms with E-state index in [0.29, 0.717) is 0 Å². The minimum Gasteiger partial charge on any atom is -0.355 e. The van der Waals surface area contributed by atoms with Gasteiger partial charge in [-0.2, -0.15) is 0 Å². The zero-order chi connectivity index (χ0) is 27.9. The molecular weight excluding hydrogens is 527 g/mol. The van der Waals surface area contributed by atoms with E-state index < -0.39 is 0 Å². The van der Waals surface area contributed by atoms with Gasteiger partial charge in [-0.15, -0.1) is 11.3 Å². The largest absolute Gasteiger partial charge is 0.355 e. The van der Waals surface area contributed by atoms with Gasteiger partial charge in [0.1, 0.15) is 0 Å². The molecule has 1 heterocycles. The average Bonchev–Trinajstić information content (AvgIpc) is 3.45. The maximum Gasteiger partial charge on any atom is 0.0434 e. The SMILES string of the molecule is c1ccc(-c2cccc(Nc3cc(-c4ccccc4)cc(-c4cccc5c4sc4c6ccccc6ccc54)c3)c2)cc1. The fraction of sp³-hybridized carbons (Fsp3) is 0. The lowest BCUT2D eigenvalue weighted by atomic mass is 9.96. The first kappa shape index (κ1) is 24.6. The highest BCUT2D eigenvalue weighted by Crippen LogP contribution is 2.44. The first-order valence-corrected chi connectivity index (χ1v) is 15.1. The minimum atomic E-state index is 1.07. The van der Waals surface area contributed by atoms with Crippen LogP contribution in [0.2, 0.25) is 0 Å². The quantitative estimate of drug-likeness (QED) is 0.223. The van der Waals surface area contributed by atoms with Gasteiger partial charge in [0.2, 0.25) is 0 Å². The Morgan fingerprint density at radius 3 is 1.81 bits per heavy atom. The van der Waals surface area contributed by atoms with Gasteiger partial charge in [-0.25, -0.2) is 0 Å². The number of anilines is 2. The van der Waals surface area contributed by atoms with Crippen molar-refractivity contribution in [3.05, 3.63) is 158 Å². The molecular formula is C40H27NS. The molecule has 0 atom stereocenters. The van der Waals surface area contributed by atoms with Crippen LogP contribution >= 0.6 is 11.3 Å². The molecule has 0 saturated carbocycles. The number of hydrogen-bond acceptors (Lipinski definition) is 2. The Kier molecular flexibility index (Phi) is 6.05. The molecule has 42 heavy (non-hydrogen) atoms. The predicted molar refractivity (Wildman–Crippen MR) is 183 cm³/mol. The van der Waals surface area contributed by atoms with Gasteiger partial charge in [-0.3, -0.25) is 0 Å². The molecule has 0 amide bonds. The molecule has 1 nitrogen and oxygen atoms in total. The molecule has 7 aromatic carbocycles. The second-order valence-electron chi connectivity index (χ2n) is 10.7. The van der Waals surface area contributed by atoms with E-state index in [9.17, 15) is 0 Å². The zero-order valence-corrected chi connectivity index (χ0v) is 23.7. The van der Waals surface area contributed by atoms with Crippen LogP contribution < -0.4 is 5.32 Å². The van der Waals surface area contributed by atoms with Crippen molar-refractivity contribution < 1.29 is 0 Å². The fourth-order valence-corrected chi connectivity index (χ4v) is 7.35. The second kappa shape index (κ2) is 10.3. The molecule has 0 radical (unpaired) electrons. The van der Waals surface area contributed by atoms with Crippen molar-refractivity contribution in [1.29, 1.82) is 0 Å². The summed E-state index contributed by atoms with van der Waals surface area (Å²) >= 11 is 1.90. The predicted octanol–water partition coefficient (Wildman–Crippen LogP) is 12.0. The molecule has 198 valence electrons. The zero-order valence-electron chi connectivity index (χ0n) is 22.9. The second-order valence-corrected chi connectivity index (χ2v) is 11.7. The lowest BCUT2D eigenvalue weighted by Gasteiger charge is -2.14. The van der Waals surface area contributed by atoms with Gasteiger partial charge in [0.15, 0.2) is 0 Å². The molecule has 8 aromatic rings. The summed E-state index contributed by atoms with van der Waals surface area (Å²) in [5, 5.41) is 8.98. The van der Waals surface area contributed by atoms with Gasteiger partial charge < -0.3 is 5.32 Å². The van der Waals surface area contributed by atoms with Crippen LogP contribution in [0.25, 0.3) is 64.3 Å². The fourth-order valence-electron chi connectivity index (χ4n) is 5.98. The van der Waals surface area contributed by atoms with Crippen LogP contribution in [0.4, 0.5) is 11.4 Å². The van der Waals surface area contributed by atoms with Crippen molar-refractivity contribution in [3.63, 3.8) is 0 Å². The van der Waals surface area contributed by atoms with Crippen molar-refractivity contribution in [3.8, 4) is 33.4 Å². The molecule has 1 aromatic heterocycles. The molecule has 1 N–H and O–H groups in total. The summed E-state index contributed by atoms with van der Waals surface area (Å²) in [6, 6.07) is 56.7. The Hall–Kier alpha value is -5.18. The molecule has 8 rings (SSSR count). The van der Waals surface area contributed by atoms with Crippen molar-refractivity contribution >= 4 is 53.7 Å². The van der Waals surface area contributed by atoms with E-state index in [4.69, 9.17) is 0 Å². The maximum absolute atomic E-state index is 3.74. The average molecular weight is 554 g/mol. The van der Waals surface area contributed by atoms with Gasteiger partial charge in [0, 0.05) is 31.5 Å². The standard InChI is InChI=1S/C40H27NS/c1-3-11-27(12-4-1)30-16-9-17-33(24-30)41-34-25-31(28-13-5-2-6-14-28)23-32(26-34)36-19-10-20-37-38-22-21-29-15-7-8-18-35(29)39(38)42-40(36)37/h1-26,41H. The van der Waals surface area contributed by atoms with Gasteiger partial charge in [-0.1, -0.05) is 127 Å². The van der Waals surface area contributed by atoms with Crippen LogP contribution in [-0.2, 0) is 0 Å². The molecule has 0 spiro atoms. The van der Waals surface area contributed by atoms with Crippen LogP contribution in [0.1, 0.15) is 0 Å². The topological polar surface area (TPSA) is 12.0 Å².